The Hall–Kier alpha value is -2.43. The number of carbonyl (C=O) groups is 3. The van der Waals surface area contributed by atoms with Gasteiger partial charge >= 0.3 is 11.9 Å². The molecule has 0 saturated carbocycles. The summed E-state index contributed by atoms with van der Waals surface area (Å²) in [7, 11) is 2.52. The average Bonchev–Trinajstić information content (AvgIpc) is 2.52. The molecule has 25 heavy (non-hydrogen) atoms. The molecule has 0 fully saturated rings. The predicted molar refractivity (Wildman–Crippen MR) is 95.7 cm³/mol. The highest BCUT2D eigenvalue weighted by atomic mass is 16.5. The fourth-order valence-corrected chi connectivity index (χ4v) is 2.86. The predicted octanol–water partition coefficient (Wildman–Crippen LogP) is 3.32. The average molecular weight is 346 g/mol. The van der Waals surface area contributed by atoms with E-state index in [9.17, 15) is 14.4 Å². The van der Waals surface area contributed by atoms with Gasteiger partial charge in [0, 0.05) is 12.3 Å². The fourth-order valence-electron chi connectivity index (χ4n) is 2.86. The van der Waals surface area contributed by atoms with Crippen molar-refractivity contribution in [2.24, 2.45) is 11.8 Å². The van der Waals surface area contributed by atoms with Crippen LogP contribution in [0.25, 0.3) is 0 Å². The van der Waals surface area contributed by atoms with Gasteiger partial charge in [-0.05, 0) is 33.3 Å². The second-order valence-corrected chi connectivity index (χ2v) is 6.46. The molecular weight excluding hydrogens is 320 g/mol. The van der Waals surface area contributed by atoms with Gasteiger partial charge in [-0.1, -0.05) is 35.5 Å². The van der Waals surface area contributed by atoms with E-state index in [0.29, 0.717) is 5.57 Å². The van der Waals surface area contributed by atoms with E-state index in [2.05, 4.69) is 0 Å². The Balaban J connectivity index is 3.62. The third-order valence-corrected chi connectivity index (χ3v) is 3.85. The summed E-state index contributed by atoms with van der Waals surface area (Å²) < 4.78 is 9.70. The van der Waals surface area contributed by atoms with Crippen molar-refractivity contribution < 1.29 is 23.9 Å². The van der Waals surface area contributed by atoms with E-state index in [1.54, 1.807) is 12.2 Å². The Morgan fingerprint density at radius 3 is 2.16 bits per heavy atom. The SMILES string of the molecule is COC(=O)C1=C(/C=C/C=C(C)C)[C@H](C(=O)OC)[C@@H](C=C(C)C)CC1=O. The summed E-state index contributed by atoms with van der Waals surface area (Å²) in [5.74, 6) is -2.62. The van der Waals surface area contributed by atoms with Crippen LogP contribution in [0.5, 0.6) is 0 Å². The lowest BCUT2D eigenvalue weighted by Crippen LogP contribution is -2.35. The molecule has 0 amide bonds. The summed E-state index contributed by atoms with van der Waals surface area (Å²) in [6.45, 7) is 7.65. The zero-order chi connectivity index (χ0) is 19.1. The maximum atomic E-state index is 12.6. The van der Waals surface area contributed by atoms with Gasteiger partial charge in [0.1, 0.15) is 5.57 Å². The van der Waals surface area contributed by atoms with Gasteiger partial charge in [-0.3, -0.25) is 9.59 Å². The highest BCUT2D eigenvalue weighted by Crippen LogP contribution is 2.37. The minimum atomic E-state index is -0.730. The first kappa shape index (κ1) is 20.6. The molecule has 0 aliphatic heterocycles. The number of ketones is 1. The first-order valence-electron chi connectivity index (χ1n) is 8.13. The standard InChI is InChI=1S/C20H26O5/c1-12(2)8-7-9-15-17(19(22)24-5)14(10-13(3)4)11-16(21)18(15)20(23)25-6/h7-10,14,17H,11H2,1-6H3/b9-7+/t14-,17+/m0/s1. The van der Waals surface area contributed by atoms with Crippen LogP contribution in [0.1, 0.15) is 34.1 Å². The maximum Gasteiger partial charge on any atom is 0.341 e. The van der Waals surface area contributed by atoms with Gasteiger partial charge in [0.05, 0.1) is 20.1 Å². The highest BCUT2D eigenvalue weighted by Gasteiger charge is 2.41. The van der Waals surface area contributed by atoms with Crippen LogP contribution in [0.2, 0.25) is 0 Å². The Bertz CT molecular complexity index is 668. The number of rotatable bonds is 5. The zero-order valence-electron chi connectivity index (χ0n) is 15.7. The number of ether oxygens (including phenoxy) is 2. The zero-order valence-corrected chi connectivity index (χ0v) is 15.7. The van der Waals surface area contributed by atoms with Gasteiger partial charge in [-0.2, -0.15) is 0 Å². The van der Waals surface area contributed by atoms with Gasteiger partial charge in [-0.25, -0.2) is 4.79 Å². The number of Topliss-reactive ketones (excluding diaryl/α,β-unsaturated/α-hetero) is 1. The molecule has 1 aliphatic rings. The highest BCUT2D eigenvalue weighted by molar-refractivity contribution is 6.19. The van der Waals surface area contributed by atoms with E-state index in [0.717, 1.165) is 11.1 Å². The molecule has 0 heterocycles. The molecule has 1 rings (SSSR count). The van der Waals surface area contributed by atoms with Crippen molar-refractivity contribution in [3.63, 3.8) is 0 Å². The number of esters is 2. The van der Waals surface area contributed by atoms with E-state index in [4.69, 9.17) is 9.47 Å². The largest absolute Gasteiger partial charge is 0.469 e. The summed E-state index contributed by atoms with van der Waals surface area (Å²) in [6.07, 6.45) is 7.13. The van der Waals surface area contributed by atoms with Gasteiger partial charge in [-0.15, -0.1) is 0 Å². The van der Waals surface area contributed by atoms with Crippen molar-refractivity contribution in [2.45, 2.75) is 34.1 Å². The van der Waals surface area contributed by atoms with Crippen LogP contribution < -0.4 is 0 Å². The lowest BCUT2D eigenvalue weighted by molar-refractivity contribution is -0.145. The molecule has 5 heteroatoms. The van der Waals surface area contributed by atoms with Crippen LogP contribution >= 0.6 is 0 Å². The number of allylic oxidation sites excluding steroid dienone is 6. The van der Waals surface area contributed by atoms with E-state index < -0.39 is 17.9 Å². The van der Waals surface area contributed by atoms with Crippen LogP contribution in [-0.4, -0.2) is 31.9 Å². The molecule has 2 atom stereocenters. The van der Waals surface area contributed by atoms with Crippen LogP contribution in [0.15, 0.2) is 46.6 Å². The quantitative estimate of drug-likeness (QED) is 0.330. The number of hydrogen-bond acceptors (Lipinski definition) is 5. The fraction of sp³-hybridized carbons (Fsp3) is 0.450. The first-order chi connectivity index (χ1) is 11.7. The Labute approximate surface area is 149 Å². The molecule has 0 saturated heterocycles. The molecule has 1 aliphatic carbocycles. The van der Waals surface area contributed by atoms with Crippen molar-refractivity contribution in [2.75, 3.05) is 14.2 Å². The van der Waals surface area contributed by atoms with Gasteiger partial charge < -0.3 is 9.47 Å². The van der Waals surface area contributed by atoms with Crippen LogP contribution in [0, 0.1) is 11.8 Å². The summed E-state index contributed by atoms with van der Waals surface area (Å²) in [5, 5.41) is 0. The molecule has 0 spiro atoms. The van der Waals surface area contributed by atoms with E-state index in [-0.39, 0.29) is 23.7 Å². The topological polar surface area (TPSA) is 69.7 Å². The minimum Gasteiger partial charge on any atom is -0.469 e. The molecule has 0 N–H and O–H groups in total. The minimum absolute atomic E-state index is 0.0648. The molecule has 0 radical (unpaired) electrons. The summed E-state index contributed by atoms with van der Waals surface area (Å²) in [6, 6.07) is 0. The van der Waals surface area contributed by atoms with E-state index in [1.807, 2.05) is 39.8 Å². The summed E-state index contributed by atoms with van der Waals surface area (Å²) in [5.41, 5.74) is 2.31. The second-order valence-electron chi connectivity index (χ2n) is 6.46. The van der Waals surface area contributed by atoms with Crippen molar-refractivity contribution in [1.29, 1.82) is 0 Å². The van der Waals surface area contributed by atoms with Crippen molar-refractivity contribution >= 4 is 17.7 Å². The van der Waals surface area contributed by atoms with Gasteiger partial charge in [0.25, 0.3) is 0 Å². The molecule has 0 aromatic rings. The monoisotopic (exact) mass is 346 g/mol. The molecule has 0 aromatic carbocycles. The first-order valence-corrected chi connectivity index (χ1v) is 8.13. The van der Waals surface area contributed by atoms with Crippen molar-refractivity contribution in [1.82, 2.24) is 0 Å². The van der Waals surface area contributed by atoms with Crippen LogP contribution in [0.4, 0.5) is 0 Å². The maximum absolute atomic E-state index is 12.6. The van der Waals surface area contributed by atoms with E-state index >= 15 is 0 Å². The molecule has 136 valence electrons. The Kier molecular flexibility index (Phi) is 7.55. The lowest BCUT2D eigenvalue weighted by atomic mass is 9.73. The van der Waals surface area contributed by atoms with Gasteiger partial charge in [0.15, 0.2) is 5.78 Å². The molecule has 0 aromatic heterocycles. The van der Waals surface area contributed by atoms with Gasteiger partial charge in [0.2, 0.25) is 0 Å². The van der Waals surface area contributed by atoms with E-state index in [1.165, 1.54) is 14.2 Å². The third kappa shape index (κ3) is 5.28. The van der Waals surface area contributed by atoms with Crippen molar-refractivity contribution in [3.8, 4) is 0 Å². The normalized spacial score (nSPS) is 20.3. The molecule has 5 nitrogen and oxygen atoms in total. The third-order valence-electron chi connectivity index (χ3n) is 3.85. The number of methoxy groups -OCH3 is 2. The van der Waals surface area contributed by atoms with Crippen LogP contribution in [-0.2, 0) is 23.9 Å². The smallest absolute Gasteiger partial charge is 0.341 e. The molecular formula is C20H26O5. The number of carbonyl (C=O) groups excluding carboxylic acids is 3. The molecule has 0 unspecified atom stereocenters. The Morgan fingerprint density at radius 2 is 1.68 bits per heavy atom. The lowest BCUT2D eigenvalue weighted by Gasteiger charge is -2.29. The molecule has 0 bridgehead atoms. The van der Waals surface area contributed by atoms with Crippen LogP contribution in [0.3, 0.4) is 0 Å². The number of hydrogen-bond donors (Lipinski definition) is 0. The summed E-state index contributed by atoms with van der Waals surface area (Å²) in [4.78, 5) is 37.1. The Morgan fingerprint density at radius 1 is 1.04 bits per heavy atom. The second kappa shape index (κ2) is 9.16. The summed E-state index contributed by atoms with van der Waals surface area (Å²) >= 11 is 0. The van der Waals surface area contributed by atoms with Crippen molar-refractivity contribution in [3.05, 3.63) is 46.6 Å².